The van der Waals surface area contributed by atoms with Gasteiger partial charge in [-0.25, -0.2) is 0 Å². The molecule has 1 fully saturated rings. The Hall–Kier alpha value is -3.32. The van der Waals surface area contributed by atoms with Crippen molar-refractivity contribution < 1.29 is 14.4 Å². The van der Waals surface area contributed by atoms with Gasteiger partial charge in [0.05, 0.1) is 4.91 Å². The summed E-state index contributed by atoms with van der Waals surface area (Å²) >= 11 is 0.868. The Kier molecular flexibility index (Phi) is 5.93. The maximum Gasteiger partial charge on any atom is 0.294 e. The first-order chi connectivity index (χ1) is 15.3. The maximum atomic E-state index is 12.9. The fraction of sp³-hybridized carbons (Fsp3) is 0.240. The molecule has 0 atom stereocenters. The zero-order valence-corrected chi connectivity index (χ0v) is 19.4. The summed E-state index contributed by atoms with van der Waals surface area (Å²) in [4.78, 5) is 39.4. The number of amides is 3. The smallest absolute Gasteiger partial charge is 0.294 e. The molecule has 0 bridgehead atoms. The highest BCUT2D eigenvalue weighted by Gasteiger charge is 2.36. The lowest BCUT2D eigenvalue weighted by molar-refractivity contribution is -0.127. The molecule has 3 amide bonds. The number of para-hydroxylation sites is 1. The number of rotatable bonds is 5. The van der Waals surface area contributed by atoms with Crippen molar-refractivity contribution in [1.82, 2.24) is 9.47 Å². The van der Waals surface area contributed by atoms with Gasteiger partial charge in [-0.2, -0.15) is 0 Å². The molecule has 1 N–H and O–H groups in total. The third kappa shape index (κ3) is 4.08. The molecule has 0 radical (unpaired) electrons. The molecule has 3 aromatic rings. The van der Waals surface area contributed by atoms with Crippen molar-refractivity contribution in [3.05, 3.63) is 69.8 Å². The molecule has 0 aliphatic carbocycles. The number of nitrogens with zero attached hydrogens (tertiary/aromatic N) is 2. The van der Waals surface area contributed by atoms with Crippen molar-refractivity contribution in [2.24, 2.45) is 0 Å². The van der Waals surface area contributed by atoms with E-state index in [2.05, 4.69) is 16.8 Å². The first kappa shape index (κ1) is 21.9. The minimum Gasteiger partial charge on any atom is -0.347 e. The standard InChI is InChI=1S/C25H25N3O3S/c1-5-27-13-18(19-8-6-7-9-20(19)27)12-21-24(30)28(25(31)32-21)14-22(29)26-23-16(3)10-15(2)11-17(23)4/h6-13H,5,14H2,1-4H3,(H,26,29)/b21-12-. The van der Waals surface area contributed by atoms with Crippen LogP contribution in [-0.2, 0) is 16.1 Å². The number of thioether (sulfide) groups is 1. The number of nitrogens with one attached hydrogen (secondary N) is 1. The van der Waals surface area contributed by atoms with E-state index in [1.165, 1.54) is 0 Å². The average molecular weight is 448 g/mol. The molecule has 1 aliphatic heterocycles. The fourth-order valence-electron chi connectivity index (χ4n) is 4.13. The number of hydrogen-bond donors (Lipinski definition) is 1. The summed E-state index contributed by atoms with van der Waals surface area (Å²) < 4.78 is 2.10. The zero-order chi connectivity index (χ0) is 23.0. The number of fused-ring (bicyclic) bond motifs is 1. The minimum atomic E-state index is -0.444. The second kappa shape index (κ2) is 8.67. The molecule has 0 saturated carbocycles. The van der Waals surface area contributed by atoms with Crippen LogP contribution in [0.15, 0.2) is 47.5 Å². The lowest BCUT2D eigenvalue weighted by Gasteiger charge is -2.15. The van der Waals surface area contributed by atoms with E-state index in [-0.39, 0.29) is 6.54 Å². The van der Waals surface area contributed by atoms with Crippen molar-refractivity contribution >= 4 is 51.5 Å². The van der Waals surface area contributed by atoms with Gasteiger partial charge >= 0.3 is 0 Å². The molecule has 2 aromatic carbocycles. The molecule has 164 valence electrons. The van der Waals surface area contributed by atoms with Crippen LogP contribution in [0.2, 0.25) is 0 Å². The SMILES string of the molecule is CCn1cc(/C=C2\SC(=O)N(CC(=O)Nc3c(C)cc(C)cc3C)C2=O)c2ccccc21. The molecule has 1 aliphatic rings. The minimum absolute atomic E-state index is 0.314. The van der Waals surface area contributed by atoms with Gasteiger partial charge in [-0.3, -0.25) is 19.3 Å². The largest absolute Gasteiger partial charge is 0.347 e. The molecule has 32 heavy (non-hydrogen) atoms. The van der Waals surface area contributed by atoms with E-state index < -0.39 is 17.1 Å². The molecule has 6 nitrogen and oxygen atoms in total. The third-order valence-corrected chi connectivity index (χ3v) is 6.47. The quantitative estimate of drug-likeness (QED) is 0.542. The topological polar surface area (TPSA) is 71.4 Å². The number of hydrogen-bond acceptors (Lipinski definition) is 4. The van der Waals surface area contributed by atoms with Crippen LogP contribution in [0, 0.1) is 20.8 Å². The van der Waals surface area contributed by atoms with Gasteiger partial charge in [0.2, 0.25) is 5.91 Å². The molecule has 1 aromatic heterocycles. The lowest BCUT2D eigenvalue weighted by Crippen LogP contribution is -2.36. The number of anilines is 1. The van der Waals surface area contributed by atoms with Crippen LogP contribution in [0.3, 0.4) is 0 Å². The van der Waals surface area contributed by atoms with Gasteiger partial charge in [-0.1, -0.05) is 35.9 Å². The molecule has 0 unspecified atom stereocenters. The van der Waals surface area contributed by atoms with E-state index in [9.17, 15) is 14.4 Å². The van der Waals surface area contributed by atoms with Crippen molar-refractivity contribution in [2.45, 2.75) is 34.2 Å². The second-order valence-corrected chi connectivity index (χ2v) is 8.97. The molecule has 7 heteroatoms. The summed E-state index contributed by atoms with van der Waals surface area (Å²) in [6.45, 7) is 8.38. The Balaban J connectivity index is 1.54. The van der Waals surface area contributed by atoms with Gasteiger partial charge in [-0.15, -0.1) is 0 Å². The fourth-order valence-corrected chi connectivity index (χ4v) is 4.96. The number of aromatic nitrogens is 1. The van der Waals surface area contributed by atoms with Crippen LogP contribution in [-0.4, -0.2) is 33.1 Å². The Labute approximate surface area is 191 Å². The number of imide groups is 1. The van der Waals surface area contributed by atoms with Gasteiger partial charge in [0.25, 0.3) is 11.1 Å². The Bertz CT molecular complexity index is 1270. The Morgan fingerprint density at radius 1 is 1.09 bits per heavy atom. The van der Waals surface area contributed by atoms with Gasteiger partial charge in [0.1, 0.15) is 6.54 Å². The summed E-state index contributed by atoms with van der Waals surface area (Å²) in [6, 6.07) is 11.9. The van der Waals surface area contributed by atoms with E-state index in [1.54, 1.807) is 6.08 Å². The van der Waals surface area contributed by atoms with E-state index in [0.717, 1.165) is 62.1 Å². The first-order valence-corrected chi connectivity index (χ1v) is 11.3. The van der Waals surface area contributed by atoms with Crippen LogP contribution < -0.4 is 5.32 Å². The van der Waals surface area contributed by atoms with E-state index in [1.807, 2.05) is 63.4 Å². The summed E-state index contributed by atoms with van der Waals surface area (Å²) in [7, 11) is 0. The number of aryl methyl sites for hydroxylation is 4. The molecule has 4 rings (SSSR count). The highest BCUT2D eigenvalue weighted by atomic mass is 32.2. The third-order valence-electron chi connectivity index (χ3n) is 5.56. The summed E-state index contributed by atoms with van der Waals surface area (Å²) in [5.41, 5.74) is 5.66. The van der Waals surface area contributed by atoms with E-state index in [0.29, 0.717) is 4.91 Å². The predicted molar refractivity (Wildman–Crippen MR) is 130 cm³/mol. The number of carbonyl (C=O) groups is 3. The lowest BCUT2D eigenvalue weighted by atomic mass is 10.1. The number of carbonyl (C=O) groups excluding carboxylic acids is 3. The summed E-state index contributed by atoms with van der Waals surface area (Å²) in [6.07, 6.45) is 3.72. The van der Waals surface area contributed by atoms with Crippen LogP contribution in [0.25, 0.3) is 17.0 Å². The Morgan fingerprint density at radius 3 is 2.47 bits per heavy atom. The van der Waals surface area contributed by atoms with Crippen molar-refractivity contribution in [2.75, 3.05) is 11.9 Å². The van der Waals surface area contributed by atoms with Gasteiger partial charge in [0.15, 0.2) is 0 Å². The molecule has 1 saturated heterocycles. The first-order valence-electron chi connectivity index (χ1n) is 10.5. The maximum absolute atomic E-state index is 12.9. The molecule has 0 spiro atoms. The van der Waals surface area contributed by atoms with Crippen molar-refractivity contribution in [1.29, 1.82) is 0 Å². The highest BCUT2D eigenvalue weighted by molar-refractivity contribution is 8.18. The summed E-state index contributed by atoms with van der Waals surface area (Å²) in [5, 5.41) is 3.44. The van der Waals surface area contributed by atoms with Crippen LogP contribution in [0.1, 0.15) is 29.2 Å². The molecule has 2 heterocycles. The van der Waals surface area contributed by atoms with E-state index in [4.69, 9.17) is 0 Å². The van der Waals surface area contributed by atoms with Gasteiger partial charge in [-0.05, 0) is 62.7 Å². The highest BCUT2D eigenvalue weighted by Crippen LogP contribution is 2.34. The number of benzene rings is 2. The van der Waals surface area contributed by atoms with Gasteiger partial charge < -0.3 is 9.88 Å². The molecular weight excluding hydrogens is 422 g/mol. The Morgan fingerprint density at radius 2 is 1.78 bits per heavy atom. The van der Waals surface area contributed by atoms with Crippen LogP contribution in [0.4, 0.5) is 10.5 Å². The zero-order valence-electron chi connectivity index (χ0n) is 18.6. The van der Waals surface area contributed by atoms with Crippen LogP contribution in [0.5, 0.6) is 0 Å². The summed E-state index contributed by atoms with van der Waals surface area (Å²) in [5.74, 6) is -0.841. The van der Waals surface area contributed by atoms with Crippen molar-refractivity contribution in [3.8, 4) is 0 Å². The predicted octanol–water partition coefficient (Wildman–Crippen LogP) is 5.26. The van der Waals surface area contributed by atoms with E-state index >= 15 is 0 Å². The van der Waals surface area contributed by atoms with Crippen LogP contribution >= 0.6 is 11.8 Å². The molecular formula is C25H25N3O3S. The second-order valence-electron chi connectivity index (χ2n) is 7.98. The van der Waals surface area contributed by atoms with Gasteiger partial charge in [0, 0.05) is 34.9 Å². The average Bonchev–Trinajstić information content (AvgIpc) is 3.23. The monoisotopic (exact) mass is 447 g/mol. The van der Waals surface area contributed by atoms with Crippen molar-refractivity contribution in [3.63, 3.8) is 0 Å². The normalized spacial score (nSPS) is 15.2.